The maximum absolute atomic E-state index is 13.0. The van der Waals surface area contributed by atoms with Crippen LogP contribution < -0.4 is 5.32 Å². The summed E-state index contributed by atoms with van der Waals surface area (Å²) in [7, 11) is 1.75. The van der Waals surface area contributed by atoms with Crippen LogP contribution in [0.3, 0.4) is 0 Å². The van der Waals surface area contributed by atoms with Crippen LogP contribution in [0, 0.1) is 5.82 Å². The second-order valence-corrected chi connectivity index (χ2v) is 5.27. The summed E-state index contributed by atoms with van der Waals surface area (Å²) in [6, 6.07) is 16.1. The minimum absolute atomic E-state index is 0.0168. The van der Waals surface area contributed by atoms with E-state index >= 15 is 0 Å². The van der Waals surface area contributed by atoms with E-state index in [4.69, 9.17) is 0 Å². The van der Waals surface area contributed by atoms with Crippen molar-refractivity contribution in [1.82, 2.24) is 10.2 Å². The lowest BCUT2D eigenvalue weighted by atomic mass is 10.1. The molecule has 0 aliphatic heterocycles. The van der Waals surface area contributed by atoms with Crippen LogP contribution in [0.15, 0.2) is 54.6 Å². The molecule has 0 radical (unpaired) electrons. The van der Waals surface area contributed by atoms with E-state index in [0.717, 1.165) is 11.1 Å². The molecule has 1 N–H and O–H groups in total. The summed E-state index contributed by atoms with van der Waals surface area (Å²) in [6.07, 6.45) is 0. The maximum Gasteiger partial charge on any atom is 0.237 e. The molecule has 0 fully saturated rings. The Hall–Kier alpha value is -2.20. The normalized spacial score (nSPS) is 12.0. The Bertz CT molecular complexity index is 598. The fraction of sp³-hybridized carbons (Fsp3) is 0.278. The standard InChI is InChI=1S/C18H21FN2O/c1-14(16-6-4-3-5-7-16)21(18(22)12-20-2)13-15-8-10-17(19)11-9-15/h3-11,14,20H,12-13H2,1-2H3/t14-/m1/s1. The van der Waals surface area contributed by atoms with E-state index in [1.54, 1.807) is 24.1 Å². The number of amides is 1. The van der Waals surface area contributed by atoms with Crippen LogP contribution in [0.2, 0.25) is 0 Å². The van der Waals surface area contributed by atoms with Gasteiger partial charge in [0.05, 0.1) is 12.6 Å². The van der Waals surface area contributed by atoms with Crippen LogP contribution in [0.25, 0.3) is 0 Å². The summed E-state index contributed by atoms with van der Waals surface area (Å²) < 4.78 is 13.0. The van der Waals surface area contributed by atoms with Crippen LogP contribution in [-0.2, 0) is 11.3 Å². The Morgan fingerprint density at radius 1 is 1.14 bits per heavy atom. The van der Waals surface area contributed by atoms with Crippen LogP contribution in [-0.4, -0.2) is 24.4 Å². The third-order valence-electron chi connectivity index (χ3n) is 3.66. The smallest absolute Gasteiger partial charge is 0.237 e. The number of likely N-dealkylation sites (N-methyl/N-ethyl adjacent to an activating group) is 1. The van der Waals surface area contributed by atoms with E-state index in [2.05, 4.69) is 5.32 Å². The SMILES string of the molecule is CNCC(=O)N(Cc1ccc(F)cc1)[C@H](C)c1ccccc1. The topological polar surface area (TPSA) is 32.3 Å². The quantitative estimate of drug-likeness (QED) is 0.889. The van der Waals surface area contributed by atoms with Gasteiger partial charge in [0.25, 0.3) is 0 Å². The minimum Gasteiger partial charge on any atom is -0.331 e. The number of benzene rings is 2. The molecule has 0 bridgehead atoms. The number of hydrogen-bond acceptors (Lipinski definition) is 2. The number of nitrogens with one attached hydrogen (secondary N) is 1. The van der Waals surface area contributed by atoms with Crippen molar-refractivity contribution in [2.45, 2.75) is 19.5 Å². The van der Waals surface area contributed by atoms with Crippen molar-refractivity contribution in [2.24, 2.45) is 0 Å². The molecule has 2 aromatic carbocycles. The van der Waals surface area contributed by atoms with Gasteiger partial charge in [0.15, 0.2) is 0 Å². The molecule has 0 aliphatic carbocycles. The van der Waals surface area contributed by atoms with Crippen LogP contribution in [0.5, 0.6) is 0 Å². The largest absolute Gasteiger partial charge is 0.331 e. The van der Waals surface area contributed by atoms with E-state index in [1.165, 1.54) is 12.1 Å². The van der Waals surface area contributed by atoms with Gasteiger partial charge in [0.1, 0.15) is 5.82 Å². The number of hydrogen-bond donors (Lipinski definition) is 1. The van der Waals surface area contributed by atoms with Crippen LogP contribution in [0.4, 0.5) is 4.39 Å². The molecule has 0 saturated carbocycles. The zero-order valence-electron chi connectivity index (χ0n) is 12.9. The summed E-state index contributed by atoms with van der Waals surface area (Å²) in [4.78, 5) is 14.2. The van der Waals surface area contributed by atoms with Gasteiger partial charge in [0, 0.05) is 6.54 Å². The van der Waals surface area contributed by atoms with Gasteiger partial charge in [-0.2, -0.15) is 0 Å². The van der Waals surface area contributed by atoms with Crippen molar-refractivity contribution >= 4 is 5.91 Å². The first-order valence-corrected chi connectivity index (χ1v) is 7.35. The minimum atomic E-state index is -0.270. The van der Waals surface area contributed by atoms with E-state index in [-0.39, 0.29) is 24.3 Å². The number of halogens is 1. The average molecular weight is 300 g/mol. The molecule has 2 aromatic rings. The molecular formula is C18H21FN2O. The van der Waals surface area contributed by atoms with E-state index in [0.29, 0.717) is 6.54 Å². The fourth-order valence-electron chi connectivity index (χ4n) is 2.39. The summed E-state index contributed by atoms with van der Waals surface area (Å²) in [5.41, 5.74) is 1.99. The summed E-state index contributed by atoms with van der Waals surface area (Å²) in [5.74, 6) is -0.254. The monoisotopic (exact) mass is 300 g/mol. The molecule has 1 atom stereocenters. The highest BCUT2D eigenvalue weighted by Crippen LogP contribution is 2.22. The van der Waals surface area contributed by atoms with E-state index < -0.39 is 0 Å². The Balaban J connectivity index is 2.22. The van der Waals surface area contributed by atoms with Gasteiger partial charge >= 0.3 is 0 Å². The molecule has 0 unspecified atom stereocenters. The fourth-order valence-corrected chi connectivity index (χ4v) is 2.39. The number of rotatable bonds is 6. The molecule has 0 aromatic heterocycles. The molecule has 2 rings (SSSR count). The molecule has 0 saturated heterocycles. The van der Waals surface area contributed by atoms with Gasteiger partial charge in [-0.3, -0.25) is 4.79 Å². The zero-order valence-corrected chi connectivity index (χ0v) is 12.9. The zero-order chi connectivity index (χ0) is 15.9. The highest BCUT2D eigenvalue weighted by molar-refractivity contribution is 5.78. The lowest BCUT2D eigenvalue weighted by Crippen LogP contribution is -2.38. The molecule has 0 aliphatic rings. The Kier molecular flexibility index (Phi) is 5.67. The molecule has 3 nitrogen and oxygen atoms in total. The average Bonchev–Trinajstić information content (AvgIpc) is 2.54. The second-order valence-electron chi connectivity index (χ2n) is 5.27. The molecule has 116 valence electrons. The lowest BCUT2D eigenvalue weighted by molar-refractivity contribution is -0.133. The summed E-state index contributed by atoms with van der Waals surface area (Å²) >= 11 is 0. The Morgan fingerprint density at radius 3 is 2.36 bits per heavy atom. The van der Waals surface area contributed by atoms with Gasteiger partial charge in [-0.05, 0) is 37.2 Å². The number of nitrogens with zero attached hydrogens (tertiary/aromatic N) is 1. The van der Waals surface area contributed by atoms with Gasteiger partial charge in [-0.15, -0.1) is 0 Å². The van der Waals surface area contributed by atoms with Crippen molar-refractivity contribution in [3.8, 4) is 0 Å². The van der Waals surface area contributed by atoms with Crippen molar-refractivity contribution in [3.05, 3.63) is 71.5 Å². The molecule has 22 heavy (non-hydrogen) atoms. The van der Waals surface area contributed by atoms with Crippen molar-refractivity contribution in [1.29, 1.82) is 0 Å². The molecule has 0 heterocycles. The predicted octanol–water partition coefficient (Wildman–Crippen LogP) is 3.13. The molecule has 4 heteroatoms. The maximum atomic E-state index is 13.0. The van der Waals surface area contributed by atoms with Gasteiger partial charge in [-0.1, -0.05) is 42.5 Å². The van der Waals surface area contributed by atoms with Crippen LogP contribution in [0.1, 0.15) is 24.1 Å². The van der Waals surface area contributed by atoms with Gasteiger partial charge in [0.2, 0.25) is 5.91 Å². The number of carbonyl (C=O) groups is 1. The first kappa shape index (κ1) is 16.2. The third kappa shape index (κ3) is 4.15. The first-order chi connectivity index (χ1) is 10.6. The van der Waals surface area contributed by atoms with E-state index in [9.17, 15) is 9.18 Å². The summed E-state index contributed by atoms with van der Waals surface area (Å²) in [6.45, 7) is 2.74. The Labute approximate surface area is 130 Å². The lowest BCUT2D eigenvalue weighted by Gasteiger charge is -2.30. The third-order valence-corrected chi connectivity index (χ3v) is 3.66. The highest BCUT2D eigenvalue weighted by atomic mass is 19.1. The molecule has 1 amide bonds. The van der Waals surface area contributed by atoms with Gasteiger partial charge in [-0.25, -0.2) is 4.39 Å². The van der Waals surface area contributed by atoms with E-state index in [1.807, 2.05) is 37.3 Å². The van der Waals surface area contributed by atoms with Crippen LogP contribution >= 0.6 is 0 Å². The first-order valence-electron chi connectivity index (χ1n) is 7.35. The van der Waals surface area contributed by atoms with Gasteiger partial charge < -0.3 is 10.2 Å². The number of carbonyl (C=O) groups excluding carboxylic acids is 1. The predicted molar refractivity (Wildman–Crippen MR) is 85.7 cm³/mol. The highest BCUT2D eigenvalue weighted by Gasteiger charge is 2.21. The van der Waals surface area contributed by atoms with Crippen molar-refractivity contribution < 1.29 is 9.18 Å². The summed E-state index contributed by atoms with van der Waals surface area (Å²) in [5, 5.41) is 2.90. The molecular weight excluding hydrogens is 279 g/mol. The Morgan fingerprint density at radius 2 is 1.77 bits per heavy atom. The molecule has 0 spiro atoms. The second kappa shape index (κ2) is 7.71. The van der Waals surface area contributed by atoms with Crippen molar-refractivity contribution in [3.63, 3.8) is 0 Å². The van der Waals surface area contributed by atoms with Crippen molar-refractivity contribution in [2.75, 3.05) is 13.6 Å².